The van der Waals surface area contributed by atoms with Crippen LogP contribution in [0.3, 0.4) is 0 Å². The molecule has 18 heavy (non-hydrogen) atoms. The Balaban J connectivity index is 3.04. The van der Waals surface area contributed by atoms with Crippen molar-refractivity contribution >= 4 is 21.6 Å². The number of benzene rings is 1. The van der Waals surface area contributed by atoms with Crippen molar-refractivity contribution in [3.8, 4) is 0 Å². The second-order valence-corrected chi connectivity index (χ2v) is 6.05. The number of rotatable bonds is 6. The molecule has 1 rings (SSSR count). The van der Waals surface area contributed by atoms with Crippen LogP contribution in [0.1, 0.15) is 26.3 Å². The van der Waals surface area contributed by atoms with Crippen LogP contribution in [0.15, 0.2) is 22.7 Å². The van der Waals surface area contributed by atoms with Gasteiger partial charge in [-0.25, -0.2) is 0 Å². The molecule has 0 spiro atoms. The number of hydrogen-bond donors (Lipinski definition) is 2. The number of anilines is 1. The van der Waals surface area contributed by atoms with Crippen LogP contribution in [0.2, 0.25) is 0 Å². The lowest BCUT2D eigenvalue weighted by atomic mass is 10.1. The maximum absolute atomic E-state index is 9.99. The SMILES string of the molecule is CCN(CC(C)(C)O)c1ccc(Br)cc1CNC. The zero-order chi connectivity index (χ0) is 13.8. The molecule has 102 valence electrons. The summed E-state index contributed by atoms with van der Waals surface area (Å²) in [6.45, 7) is 8.11. The van der Waals surface area contributed by atoms with E-state index in [0.717, 1.165) is 17.6 Å². The molecule has 0 fully saturated rings. The Bertz CT molecular complexity index is 388. The van der Waals surface area contributed by atoms with Crippen LogP contribution < -0.4 is 10.2 Å². The number of likely N-dealkylation sites (N-methyl/N-ethyl adjacent to an activating group) is 1. The predicted molar refractivity (Wildman–Crippen MR) is 81.1 cm³/mol. The summed E-state index contributed by atoms with van der Waals surface area (Å²) in [5.74, 6) is 0. The largest absolute Gasteiger partial charge is 0.389 e. The number of nitrogens with one attached hydrogen (secondary N) is 1. The Hall–Kier alpha value is -0.580. The normalized spacial score (nSPS) is 11.7. The van der Waals surface area contributed by atoms with Gasteiger partial charge in [-0.05, 0) is 51.6 Å². The zero-order valence-corrected chi connectivity index (χ0v) is 13.2. The van der Waals surface area contributed by atoms with Gasteiger partial charge in [0.1, 0.15) is 0 Å². The average Bonchev–Trinajstić information content (AvgIpc) is 2.26. The number of hydrogen-bond acceptors (Lipinski definition) is 3. The van der Waals surface area contributed by atoms with Crippen LogP contribution in [0.5, 0.6) is 0 Å². The van der Waals surface area contributed by atoms with Gasteiger partial charge in [0.25, 0.3) is 0 Å². The van der Waals surface area contributed by atoms with E-state index in [-0.39, 0.29) is 0 Å². The molecule has 0 aliphatic carbocycles. The van der Waals surface area contributed by atoms with Gasteiger partial charge in [-0.3, -0.25) is 0 Å². The van der Waals surface area contributed by atoms with Gasteiger partial charge in [0.05, 0.1) is 5.60 Å². The van der Waals surface area contributed by atoms with Crippen LogP contribution in [-0.4, -0.2) is 30.8 Å². The fourth-order valence-corrected chi connectivity index (χ4v) is 2.44. The molecule has 1 aromatic carbocycles. The highest BCUT2D eigenvalue weighted by Crippen LogP contribution is 2.25. The van der Waals surface area contributed by atoms with Crippen molar-refractivity contribution < 1.29 is 5.11 Å². The van der Waals surface area contributed by atoms with Crippen molar-refractivity contribution in [1.82, 2.24) is 5.32 Å². The molecular weight excluding hydrogens is 292 g/mol. The van der Waals surface area contributed by atoms with Crippen molar-refractivity contribution in [2.45, 2.75) is 32.9 Å². The molecule has 0 radical (unpaired) electrons. The smallest absolute Gasteiger partial charge is 0.0765 e. The predicted octanol–water partition coefficient (Wildman–Crippen LogP) is 2.77. The highest BCUT2D eigenvalue weighted by molar-refractivity contribution is 9.10. The molecule has 0 saturated heterocycles. The van der Waals surface area contributed by atoms with Gasteiger partial charge < -0.3 is 15.3 Å². The molecule has 3 nitrogen and oxygen atoms in total. The van der Waals surface area contributed by atoms with Crippen molar-refractivity contribution in [3.05, 3.63) is 28.2 Å². The first-order valence-electron chi connectivity index (χ1n) is 6.27. The summed E-state index contributed by atoms with van der Waals surface area (Å²) >= 11 is 3.50. The van der Waals surface area contributed by atoms with Crippen LogP contribution >= 0.6 is 15.9 Å². The van der Waals surface area contributed by atoms with Crippen molar-refractivity contribution in [2.24, 2.45) is 0 Å². The second kappa shape index (κ2) is 6.55. The molecule has 4 heteroatoms. The van der Waals surface area contributed by atoms with E-state index in [1.165, 1.54) is 11.3 Å². The molecule has 0 heterocycles. The monoisotopic (exact) mass is 314 g/mol. The third-order valence-electron chi connectivity index (χ3n) is 2.71. The minimum atomic E-state index is -0.694. The summed E-state index contributed by atoms with van der Waals surface area (Å²) in [6.07, 6.45) is 0. The second-order valence-electron chi connectivity index (χ2n) is 5.13. The van der Waals surface area contributed by atoms with Crippen molar-refractivity contribution in [3.63, 3.8) is 0 Å². The van der Waals surface area contributed by atoms with Crippen molar-refractivity contribution in [1.29, 1.82) is 0 Å². The van der Waals surface area contributed by atoms with Crippen LogP contribution in [0, 0.1) is 0 Å². The zero-order valence-electron chi connectivity index (χ0n) is 11.6. The number of halogens is 1. The first kappa shape index (κ1) is 15.5. The summed E-state index contributed by atoms with van der Waals surface area (Å²) in [4.78, 5) is 2.21. The summed E-state index contributed by atoms with van der Waals surface area (Å²) in [5, 5.41) is 13.2. The van der Waals surface area contributed by atoms with E-state index >= 15 is 0 Å². The third kappa shape index (κ3) is 4.59. The standard InChI is InChI=1S/C14H23BrN2O/c1-5-17(10-14(2,3)18)13-7-6-12(15)8-11(13)9-16-4/h6-8,16,18H,5,9-10H2,1-4H3. The Kier molecular flexibility index (Phi) is 5.63. The molecule has 0 saturated carbocycles. The van der Waals surface area contributed by atoms with E-state index < -0.39 is 5.60 Å². The van der Waals surface area contributed by atoms with E-state index in [1.54, 1.807) is 0 Å². The molecule has 0 aliphatic rings. The Morgan fingerprint density at radius 3 is 2.56 bits per heavy atom. The van der Waals surface area contributed by atoms with Gasteiger partial charge in [0.2, 0.25) is 0 Å². The minimum Gasteiger partial charge on any atom is -0.389 e. The lowest BCUT2D eigenvalue weighted by Gasteiger charge is -2.31. The van der Waals surface area contributed by atoms with E-state index in [9.17, 15) is 5.11 Å². The van der Waals surface area contributed by atoms with Gasteiger partial charge in [-0.2, -0.15) is 0 Å². The molecule has 0 bridgehead atoms. The van der Waals surface area contributed by atoms with E-state index in [0.29, 0.717) is 6.54 Å². The van der Waals surface area contributed by atoms with E-state index in [1.807, 2.05) is 27.0 Å². The summed E-state index contributed by atoms with van der Waals surface area (Å²) < 4.78 is 1.08. The molecule has 2 N–H and O–H groups in total. The first-order valence-corrected chi connectivity index (χ1v) is 7.07. The van der Waals surface area contributed by atoms with Gasteiger partial charge in [0, 0.05) is 29.8 Å². The van der Waals surface area contributed by atoms with Crippen LogP contribution in [0.4, 0.5) is 5.69 Å². The van der Waals surface area contributed by atoms with Gasteiger partial charge >= 0.3 is 0 Å². The Labute approximate surface area is 118 Å². The molecule has 0 aliphatic heterocycles. The van der Waals surface area contributed by atoms with Gasteiger partial charge in [-0.15, -0.1) is 0 Å². The van der Waals surface area contributed by atoms with Crippen LogP contribution in [0.25, 0.3) is 0 Å². The van der Waals surface area contributed by atoms with Gasteiger partial charge in [0.15, 0.2) is 0 Å². The highest BCUT2D eigenvalue weighted by Gasteiger charge is 2.19. The molecule has 0 amide bonds. The maximum Gasteiger partial charge on any atom is 0.0765 e. The summed E-state index contributed by atoms with van der Waals surface area (Å²) in [6, 6.07) is 6.27. The molecule has 0 atom stereocenters. The Morgan fingerprint density at radius 1 is 1.39 bits per heavy atom. The molecule has 0 unspecified atom stereocenters. The fourth-order valence-electron chi connectivity index (χ4n) is 2.03. The number of aliphatic hydroxyl groups is 1. The van der Waals surface area contributed by atoms with Crippen LogP contribution in [-0.2, 0) is 6.54 Å². The lowest BCUT2D eigenvalue weighted by Crippen LogP contribution is -2.39. The van der Waals surface area contributed by atoms with E-state index in [4.69, 9.17) is 0 Å². The first-order chi connectivity index (χ1) is 8.37. The third-order valence-corrected chi connectivity index (χ3v) is 3.20. The summed E-state index contributed by atoms with van der Waals surface area (Å²) in [7, 11) is 1.94. The molecule has 0 aromatic heterocycles. The lowest BCUT2D eigenvalue weighted by molar-refractivity contribution is 0.0875. The minimum absolute atomic E-state index is 0.627. The average molecular weight is 315 g/mol. The highest BCUT2D eigenvalue weighted by atomic mass is 79.9. The molecular formula is C14H23BrN2O. The van der Waals surface area contributed by atoms with Gasteiger partial charge in [-0.1, -0.05) is 15.9 Å². The van der Waals surface area contributed by atoms with Crippen molar-refractivity contribution in [2.75, 3.05) is 25.0 Å². The topological polar surface area (TPSA) is 35.5 Å². The molecule has 1 aromatic rings. The maximum atomic E-state index is 9.99. The Morgan fingerprint density at radius 2 is 2.06 bits per heavy atom. The van der Waals surface area contributed by atoms with E-state index in [2.05, 4.69) is 45.2 Å². The quantitative estimate of drug-likeness (QED) is 0.847. The summed E-state index contributed by atoms with van der Waals surface area (Å²) in [5.41, 5.74) is 1.72. The number of nitrogens with zero attached hydrogens (tertiary/aromatic N) is 1. The fraction of sp³-hybridized carbons (Fsp3) is 0.571.